The van der Waals surface area contributed by atoms with E-state index in [-0.39, 0.29) is 11.8 Å². The standard InChI is InChI=1S/C25H19ClN4O2S/c26-19-12-10-18(11-13-19)22-27-28-25(30(22)16-17-6-2-1-3-7-17)33-15-14-29-23(31)20-8-4-5-9-21(20)24(29)32/h1-13H,14-16H2. The van der Waals surface area contributed by atoms with E-state index in [1.807, 2.05) is 47.0 Å². The Kier molecular flexibility index (Phi) is 5.98. The van der Waals surface area contributed by atoms with Crippen molar-refractivity contribution in [2.75, 3.05) is 12.3 Å². The second-order valence-electron chi connectivity index (χ2n) is 7.54. The maximum atomic E-state index is 12.6. The zero-order valence-electron chi connectivity index (χ0n) is 17.5. The smallest absolute Gasteiger partial charge is 0.261 e. The summed E-state index contributed by atoms with van der Waals surface area (Å²) >= 11 is 7.53. The molecule has 4 aromatic rings. The molecule has 1 aliphatic rings. The van der Waals surface area contributed by atoms with E-state index < -0.39 is 0 Å². The summed E-state index contributed by atoms with van der Waals surface area (Å²) in [5.41, 5.74) is 2.96. The number of nitrogens with zero attached hydrogens (tertiary/aromatic N) is 4. The first kappa shape index (κ1) is 21.4. The molecule has 1 aliphatic heterocycles. The number of imide groups is 1. The van der Waals surface area contributed by atoms with Crippen LogP contribution < -0.4 is 0 Å². The Morgan fingerprint density at radius 1 is 0.788 bits per heavy atom. The van der Waals surface area contributed by atoms with Crippen LogP contribution in [0.3, 0.4) is 0 Å². The molecule has 164 valence electrons. The van der Waals surface area contributed by atoms with Gasteiger partial charge in [0.15, 0.2) is 11.0 Å². The first-order chi connectivity index (χ1) is 16.1. The zero-order chi connectivity index (χ0) is 22.8. The molecule has 2 heterocycles. The average molecular weight is 475 g/mol. The fourth-order valence-corrected chi connectivity index (χ4v) is 4.77. The molecule has 0 spiro atoms. The number of amides is 2. The van der Waals surface area contributed by atoms with E-state index in [2.05, 4.69) is 22.3 Å². The molecule has 5 rings (SSSR count). The lowest BCUT2D eigenvalue weighted by Crippen LogP contribution is -2.31. The molecule has 0 atom stereocenters. The number of halogens is 1. The topological polar surface area (TPSA) is 68.1 Å². The molecule has 0 bridgehead atoms. The van der Waals surface area contributed by atoms with Crippen LogP contribution in [0.1, 0.15) is 26.3 Å². The quantitative estimate of drug-likeness (QED) is 0.277. The van der Waals surface area contributed by atoms with Gasteiger partial charge in [0.2, 0.25) is 0 Å². The van der Waals surface area contributed by atoms with Crippen molar-refractivity contribution < 1.29 is 9.59 Å². The van der Waals surface area contributed by atoms with E-state index in [1.165, 1.54) is 16.7 Å². The summed E-state index contributed by atoms with van der Waals surface area (Å²) in [6, 6.07) is 24.5. The van der Waals surface area contributed by atoms with E-state index in [9.17, 15) is 9.59 Å². The van der Waals surface area contributed by atoms with E-state index in [0.717, 1.165) is 22.1 Å². The fourth-order valence-electron chi connectivity index (χ4n) is 3.79. The Balaban J connectivity index is 1.36. The molecule has 3 aromatic carbocycles. The van der Waals surface area contributed by atoms with Crippen molar-refractivity contribution in [2.24, 2.45) is 0 Å². The summed E-state index contributed by atoms with van der Waals surface area (Å²) in [5, 5.41) is 10.2. The average Bonchev–Trinajstić information content (AvgIpc) is 3.34. The summed E-state index contributed by atoms with van der Waals surface area (Å²) in [7, 11) is 0. The minimum Gasteiger partial charge on any atom is -0.298 e. The summed E-state index contributed by atoms with van der Waals surface area (Å²) in [6.45, 7) is 0.895. The highest BCUT2D eigenvalue weighted by Crippen LogP contribution is 2.28. The maximum Gasteiger partial charge on any atom is 0.261 e. The summed E-state index contributed by atoms with van der Waals surface area (Å²) < 4.78 is 2.05. The molecule has 1 aromatic heterocycles. The number of hydrogen-bond acceptors (Lipinski definition) is 5. The van der Waals surface area contributed by atoms with Gasteiger partial charge < -0.3 is 0 Å². The number of benzene rings is 3. The molecule has 8 heteroatoms. The number of carbonyl (C=O) groups is 2. The molecular formula is C25H19ClN4O2S. The van der Waals surface area contributed by atoms with Gasteiger partial charge in [-0.3, -0.25) is 19.1 Å². The van der Waals surface area contributed by atoms with Crippen LogP contribution in [0.4, 0.5) is 0 Å². The first-order valence-electron chi connectivity index (χ1n) is 10.4. The maximum absolute atomic E-state index is 12.6. The molecule has 0 aliphatic carbocycles. The summed E-state index contributed by atoms with van der Waals surface area (Å²) in [6.07, 6.45) is 0. The van der Waals surface area contributed by atoms with Crippen LogP contribution in [-0.2, 0) is 6.54 Å². The molecule has 33 heavy (non-hydrogen) atoms. The van der Waals surface area contributed by atoms with Gasteiger partial charge in [0.05, 0.1) is 17.7 Å². The number of fused-ring (bicyclic) bond motifs is 1. The highest BCUT2D eigenvalue weighted by molar-refractivity contribution is 7.99. The van der Waals surface area contributed by atoms with Gasteiger partial charge in [-0.15, -0.1) is 10.2 Å². The van der Waals surface area contributed by atoms with Crippen molar-refractivity contribution >= 4 is 35.2 Å². The second kappa shape index (κ2) is 9.21. The van der Waals surface area contributed by atoms with Crippen LogP contribution in [0.5, 0.6) is 0 Å². The second-order valence-corrected chi connectivity index (χ2v) is 9.04. The van der Waals surface area contributed by atoms with Crippen molar-refractivity contribution in [1.82, 2.24) is 19.7 Å². The third-order valence-corrected chi connectivity index (χ3v) is 6.63. The predicted molar refractivity (Wildman–Crippen MR) is 129 cm³/mol. The monoisotopic (exact) mass is 474 g/mol. The molecule has 6 nitrogen and oxygen atoms in total. The fraction of sp³-hybridized carbons (Fsp3) is 0.120. The Bertz CT molecular complexity index is 1290. The van der Waals surface area contributed by atoms with Crippen LogP contribution >= 0.6 is 23.4 Å². The Morgan fingerprint density at radius 2 is 1.42 bits per heavy atom. The Labute approximate surface area is 200 Å². The van der Waals surface area contributed by atoms with Crippen LogP contribution in [0, 0.1) is 0 Å². The van der Waals surface area contributed by atoms with Gasteiger partial charge in [0.25, 0.3) is 11.8 Å². The van der Waals surface area contributed by atoms with Crippen LogP contribution in [-0.4, -0.2) is 43.8 Å². The number of aromatic nitrogens is 3. The molecule has 0 unspecified atom stereocenters. The molecule has 0 N–H and O–H groups in total. The van der Waals surface area contributed by atoms with E-state index in [0.29, 0.717) is 35.0 Å². The minimum absolute atomic E-state index is 0.246. The first-order valence-corrected chi connectivity index (χ1v) is 11.8. The van der Waals surface area contributed by atoms with Gasteiger partial charge in [-0.05, 0) is 42.0 Å². The highest BCUT2D eigenvalue weighted by atomic mass is 35.5. The van der Waals surface area contributed by atoms with Gasteiger partial charge in [-0.25, -0.2) is 0 Å². The van der Waals surface area contributed by atoms with Crippen molar-refractivity contribution in [3.05, 3.63) is 101 Å². The third-order valence-electron chi connectivity index (χ3n) is 5.43. The predicted octanol–water partition coefficient (Wildman–Crippen LogP) is 5.04. The highest BCUT2D eigenvalue weighted by Gasteiger charge is 2.34. The molecule has 0 saturated carbocycles. The molecule has 0 fully saturated rings. The lowest BCUT2D eigenvalue weighted by molar-refractivity contribution is 0.0664. The third kappa shape index (κ3) is 4.29. The molecule has 2 amide bonds. The van der Waals surface area contributed by atoms with Gasteiger partial charge in [-0.1, -0.05) is 65.8 Å². The SMILES string of the molecule is O=C1c2ccccc2C(=O)N1CCSc1nnc(-c2ccc(Cl)cc2)n1Cc1ccccc1. The Morgan fingerprint density at radius 3 is 2.09 bits per heavy atom. The van der Waals surface area contributed by atoms with Crippen LogP contribution in [0.15, 0.2) is 84.0 Å². The van der Waals surface area contributed by atoms with Gasteiger partial charge in [0, 0.05) is 22.9 Å². The number of rotatable bonds is 7. The van der Waals surface area contributed by atoms with Crippen molar-refractivity contribution in [3.63, 3.8) is 0 Å². The summed E-state index contributed by atoms with van der Waals surface area (Å²) in [5.74, 6) is 0.755. The lowest BCUT2D eigenvalue weighted by atomic mass is 10.1. The van der Waals surface area contributed by atoms with Crippen molar-refractivity contribution in [1.29, 1.82) is 0 Å². The zero-order valence-corrected chi connectivity index (χ0v) is 19.1. The van der Waals surface area contributed by atoms with Crippen molar-refractivity contribution in [2.45, 2.75) is 11.7 Å². The normalized spacial score (nSPS) is 12.9. The number of hydrogen-bond donors (Lipinski definition) is 0. The van der Waals surface area contributed by atoms with Crippen LogP contribution in [0.2, 0.25) is 5.02 Å². The molecular weight excluding hydrogens is 456 g/mol. The van der Waals surface area contributed by atoms with E-state index in [1.54, 1.807) is 24.3 Å². The molecule has 0 saturated heterocycles. The van der Waals surface area contributed by atoms with Crippen molar-refractivity contribution in [3.8, 4) is 11.4 Å². The number of thioether (sulfide) groups is 1. The van der Waals surface area contributed by atoms with Crippen LogP contribution in [0.25, 0.3) is 11.4 Å². The summed E-state index contributed by atoms with van der Waals surface area (Å²) in [4.78, 5) is 26.6. The van der Waals surface area contributed by atoms with E-state index in [4.69, 9.17) is 11.6 Å². The largest absolute Gasteiger partial charge is 0.298 e. The molecule has 0 radical (unpaired) electrons. The van der Waals surface area contributed by atoms with Gasteiger partial charge >= 0.3 is 0 Å². The Hall–Kier alpha value is -3.42. The van der Waals surface area contributed by atoms with Gasteiger partial charge in [-0.2, -0.15) is 0 Å². The minimum atomic E-state index is -0.246. The lowest BCUT2D eigenvalue weighted by Gasteiger charge is -2.14. The van der Waals surface area contributed by atoms with Gasteiger partial charge in [0.1, 0.15) is 0 Å². The number of carbonyl (C=O) groups excluding carboxylic acids is 2. The van der Waals surface area contributed by atoms with E-state index >= 15 is 0 Å².